The Morgan fingerprint density at radius 3 is 2.12 bits per heavy atom. The largest absolute Gasteiger partial charge is 0.275 e. The average Bonchev–Trinajstić information content (AvgIpc) is 3.05. The number of para-hydroxylation sites is 2. The van der Waals surface area contributed by atoms with Crippen molar-refractivity contribution in [2.75, 3.05) is 5.01 Å². The summed E-state index contributed by atoms with van der Waals surface area (Å²) in [4.78, 5) is 12.3. The zero-order valence-electron chi connectivity index (χ0n) is 13.3. The number of hydrogen-bond acceptors (Lipinski definition) is 3. The molecular weight excluding hydrogens is 300 g/mol. The normalized spacial score (nSPS) is 10.7. The van der Waals surface area contributed by atoms with Gasteiger partial charge in [-0.05, 0) is 30.3 Å². The third-order valence-electron chi connectivity index (χ3n) is 3.40. The maximum Gasteiger partial charge on any atom is 0.262 e. The van der Waals surface area contributed by atoms with Crippen molar-refractivity contribution in [2.45, 2.75) is 0 Å². The number of rotatable bonds is 5. The highest BCUT2D eigenvalue weighted by Gasteiger charge is 2.10. The van der Waals surface area contributed by atoms with Crippen molar-refractivity contribution in [1.82, 2.24) is 15.2 Å². The molecule has 0 saturated carbocycles. The second-order valence-corrected chi connectivity index (χ2v) is 5.26. The van der Waals surface area contributed by atoms with Crippen LogP contribution in [0.1, 0.15) is 5.56 Å². The number of anilines is 2. The zero-order chi connectivity index (χ0) is 16.8. The molecule has 0 unspecified atom stereocenters. The van der Waals surface area contributed by atoms with E-state index in [2.05, 4.69) is 10.5 Å². The Morgan fingerprint density at radius 1 is 1.04 bits per heavy atom. The molecule has 2 aromatic carbocycles. The van der Waals surface area contributed by atoms with Crippen molar-refractivity contribution in [3.63, 3.8) is 0 Å². The lowest BCUT2D eigenvalue weighted by atomic mass is 10.2. The predicted octanol–water partition coefficient (Wildman–Crippen LogP) is 3.30. The summed E-state index contributed by atoms with van der Waals surface area (Å²) in [6.45, 7) is 0. The van der Waals surface area contributed by atoms with Crippen LogP contribution < -0.4 is 10.4 Å². The molecule has 1 aromatic heterocycles. The number of amides is 1. The SMILES string of the molecule is Cn1cc(C=CC(=O)NN(c2ccccc2)c2ccccc2)cn1. The lowest BCUT2D eigenvalue weighted by molar-refractivity contribution is -0.116. The first-order valence-corrected chi connectivity index (χ1v) is 7.60. The van der Waals surface area contributed by atoms with Crippen LogP contribution in [0, 0.1) is 0 Å². The van der Waals surface area contributed by atoms with Gasteiger partial charge >= 0.3 is 0 Å². The molecule has 1 heterocycles. The smallest absolute Gasteiger partial charge is 0.262 e. The van der Waals surface area contributed by atoms with Crippen LogP contribution in [0.5, 0.6) is 0 Å². The van der Waals surface area contributed by atoms with E-state index in [1.54, 1.807) is 22.0 Å². The Labute approximate surface area is 140 Å². The first kappa shape index (κ1) is 15.6. The fourth-order valence-electron chi connectivity index (χ4n) is 2.28. The quantitative estimate of drug-likeness (QED) is 0.580. The van der Waals surface area contributed by atoms with E-state index >= 15 is 0 Å². The highest BCUT2D eigenvalue weighted by Crippen LogP contribution is 2.22. The Hall–Kier alpha value is -3.34. The molecule has 120 valence electrons. The summed E-state index contributed by atoms with van der Waals surface area (Å²) in [5.74, 6) is -0.216. The summed E-state index contributed by atoms with van der Waals surface area (Å²) >= 11 is 0. The summed E-state index contributed by atoms with van der Waals surface area (Å²) in [6, 6.07) is 19.4. The molecule has 0 aliphatic rings. The molecule has 1 amide bonds. The van der Waals surface area contributed by atoms with Crippen LogP contribution in [0.25, 0.3) is 6.08 Å². The van der Waals surface area contributed by atoms with Gasteiger partial charge in [-0.3, -0.25) is 19.9 Å². The van der Waals surface area contributed by atoms with Crippen LogP contribution in [-0.2, 0) is 11.8 Å². The van der Waals surface area contributed by atoms with Gasteiger partial charge in [0.25, 0.3) is 5.91 Å². The number of aryl methyl sites for hydroxylation is 1. The first-order valence-electron chi connectivity index (χ1n) is 7.60. The molecule has 0 spiro atoms. The highest BCUT2D eigenvalue weighted by atomic mass is 16.2. The molecule has 5 heteroatoms. The van der Waals surface area contributed by atoms with Gasteiger partial charge in [0.1, 0.15) is 0 Å². The number of carbonyl (C=O) groups is 1. The van der Waals surface area contributed by atoms with E-state index in [9.17, 15) is 4.79 Å². The molecule has 5 nitrogen and oxygen atoms in total. The summed E-state index contributed by atoms with van der Waals surface area (Å²) in [6.07, 6.45) is 6.78. The number of benzene rings is 2. The van der Waals surface area contributed by atoms with Gasteiger partial charge < -0.3 is 0 Å². The Kier molecular flexibility index (Phi) is 4.72. The molecule has 0 aliphatic carbocycles. The molecular formula is C19H18N4O. The second-order valence-electron chi connectivity index (χ2n) is 5.26. The monoisotopic (exact) mass is 318 g/mol. The van der Waals surface area contributed by atoms with Gasteiger partial charge in [0, 0.05) is 24.9 Å². The lowest BCUT2D eigenvalue weighted by Crippen LogP contribution is -2.37. The van der Waals surface area contributed by atoms with Gasteiger partial charge in [-0.2, -0.15) is 5.10 Å². The number of nitrogens with zero attached hydrogens (tertiary/aromatic N) is 3. The lowest BCUT2D eigenvalue weighted by Gasteiger charge is -2.24. The van der Waals surface area contributed by atoms with Gasteiger partial charge in [0.05, 0.1) is 17.6 Å². The van der Waals surface area contributed by atoms with E-state index in [4.69, 9.17) is 0 Å². The summed E-state index contributed by atoms with van der Waals surface area (Å²) in [5, 5.41) is 5.83. The van der Waals surface area contributed by atoms with E-state index in [1.165, 1.54) is 6.08 Å². The van der Waals surface area contributed by atoms with E-state index in [-0.39, 0.29) is 5.91 Å². The second kappa shape index (κ2) is 7.28. The molecule has 24 heavy (non-hydrogen) atoms. The van der Waals surface area contributed by atoms with Crippen LogP contribution >= 0.6 is 0 Å². The zero-order valence-corrected chi connectivity index (χ0v) is 13.3. The molecule has 0 saturated heterocycles. The van der Waals surface area contributed by atoms with Crippen molar-refractivity contribution in [2.24, 2.45) is 7.05 Å². The molecule has 3 rings (SSSR count). The van der Waals surface area contributed by atoms with Crippen molar-refractivity contribution >= 4 is 23.4 Å². The third kappa shape index (κ3) is 3.89. The molecule has 0 radical (unpaired) electrons. The van der Waals surface area contributed by atoms with E-state index in [0.29, 0.717) is 0 Å². The summed E-state index contributed by atoms with van der Waals surface area (Å²) in [7, 11) is 1.84. The standard InChI is InChI=1S/C19H18N4O/c1-22-15-16(14-20-22)12-13-19(24)21-23(17-8-4-2-5-9-17)18-10-6-3-7-11-18/h2-15H,1H3,(H,21,24). The van der Waals surface area contributed by atoms with Crippen LogP contribution in [0.4, 0.5) is 11.4 Å². The Morgan fingerprint density at radius 2 is 1.62 bits per heavy atom. The average molecular weight is 318 g/mol. The van der Waals surface area contributed by atoms with Gasteiger partial charge in [-0.1, -0.05) is 36.4 Å². The van der Waals surface area contributed by atoms with Gasteiger partial charge in [0.2, 0.25) is 0 Å². The van der Waals surface area contributed by atoms with Gasteiger partial charge in [-0.25, -0.2) is 0 Å². The minimum atomic E-state index is -0.216. The minimum Gasteiger partial charge on any atom is -0.275 e. The maximum absolute atomic E-state index is 12.3. The predicted molar refractivity (Wildman–Crippen MR) is 95.4 cm³/mol. The minimum absolute atomic E-state index is 0.216. The molecule has 1 N–H and O–H groups in total. The van der Waals surface area contributed by atoms with Crippen molar-refractivity contribution in [1.29, 1.82) is 0 Å². The number of nitrogens with one attached hydrogen (secondary N) is 1. The Balaban J connectivity index is 1.79. The van der Waals surface area contributed by atoms with E-state index < -0.39 is 0 Å². The fraction of sp³-hybridized carbons (Fsp3) is 0.0526. The third-order valence-corrected chi connectivity index (χ3v) is 3.40. The first-order chi connectivity index (χ1) is 11.7. The van der Waals surface area contributed by atoms with E-state index in [1.807, 2.05) is 73.9 Å². The van der Waals surface area contributed by atoms with Crippen molar-refractivity contribution in [3.05, 3.63) is 84.7 Å². The van der Waals surface area contributed by atoms with Gasteiger partial charge in [-0.15, -0.1) is 0 Å². The molecule has 0 bridgehead atoms. The van der Waals surface area contributed by atoms with E-state index in [0.717, 1.165) is 16.9 Å². The number of carbonyl (C=O) groups excluding carboxylic acids is 1. The number of hydrazine groups is 1. The van der Waals surface area contributed by atoms with Gasteiger partial charge in [0.15, 0.2) is 0 Å². The molecule has 3 aromatic rings. The molecule has 0 aliphatic heterocycles. The topological polar surface area (TPSA) is 50.2 Å². The van der Waals surface area contributed by atoms with Crippen LogP contribution in [0.2, 0.25) is 0 Å². The number of aromatic nitrogens is 2. The molecule has 0 atom stereocenters. The summed E-state index contributed by atoms with van der Waals surface area (Å²) in [5.41, 5.74) is 5.54. The summed E-state index contributed by atoms with van der Waals surface area (Å²) < 4.78 is 1.69. The van der Waals surface area contributed by atoms with Crippen molar-refractivity contribution < 1.29 is 4.79 Å². The molecule has 0 fully saturated rings. The van der Waals surface area contributed by atoms with Crippen LogP contribution in [0.15, 0.2) is 79.1 Å². The fourth-order valence-corrected chi connectivity index (χ4v) is 2.28. The van der Waals surface area contributed by atoms with Crippen molar-refractivity contribution in [3.8, 4) is 0 Å². The number of hydrogen-bond donors (Lipinski definition) is 1. The van der Waals surface area contributed by atoms with Crippen LogP contribution in [0.3, 0.4) is 0 Å². The highest BCUT2D eigenvalue weighted by molar-refractivity contribution is 5.93. The van der Waals surface area contributed by atoms with Crippen LogP contribution in [-0.4, -0.2) is 15.7 Å². The Bertz CT molecular complexity index is 785. The maximum atomic E-state index is 12.3.